The number of nitrogens with zero attached hydrogens (tertiary/aromatic N) is 2. The average molecular weight is 291 g/mol. The molecule has 2 heterocycles. The number of pyridine rings is 1. The van der Waals surface area contributed by atoms with Gasteiger partial charge in [0.2, 0.25) is 0 Å². The molecule has 0 radical (unpaired) electrons. The summed E-state index contributed by atoms with van der Waals surface area (Å²) in [7, 11) is 0. The first-order valence-corrected chi connectivity index (χ1v) is 7.38. The maximum absolute atomic E-state index is 12.6. The molecule has 1 aromatic heterocycles. The van der Waals surface area contributed by atoms with Gasteiger partial charge in [0.05, 0.1) is 0 Å². The van der Waals surface area contributed by atoms with Crippen LogP contribution in [0.15, 0.2) is 18.3 Å². The number of carbonyl (C=O) groups is 2. The highest BCUT2D eigenvalue weighted by Crippen LogP contribution is 2.61. The highest BCUT2D eigenvalue weighted by molar-refractivity contribution is 6.29. The molecule has 3 aliphatic rings. The van der Waals surface area contributed by atoms with Crippen molar-refractivity contribution in [3.63, 3.8) is 0 Å². The van der Waals surface area contributed by atoms with Gasteiger partial charge in [-0.25, -0.2) is 4.98 Å². The molecule has 3 fully saturated rings. The molecule has 2 aliphatic carbocycles. The summed E-state index contributed by atoms with van der Waals surface area (Å²) in [5.74, 6) is 0.390. The van der Waals surface area contributed by atoms with Crippen LogP contribution in [0.4, 0.5) is 0 Å². The lowest BCUT2D eigenvalue weighted by Gasteiger charge is -2.37. The molecule has 1 amide bonds. The first-order chi connectivity index (χ1) is 9.55. The number of Topliss-reactive ketones (excluding diaryl/α,β-unsaturated/α-hetero) is 1. The van der Waals surface area contributed by atoms with Crippen LogP contribution in [0.1, 0.15) is 36.0 Å². The lowest BCUT2D eigenvalue weighted by molar-refractivity contribution is -0.133. The Hall–Kier alpha value is -1.42. The van der Waals surface area contributed by atoms with Gasteiger partial charge in [0, 0.05) is 35.7 Å². The molecule has 0 unspecified atom stereocenters. The lowest BCUT2D eigenvalue weighted by atomic mass is 9.82. The van der Waals surface area contributed by atoms with E-state index in [0.717, 1.165) is 25.7 Å². The number of aromatic nitrogens is 1. The number of likely N-dealkylation sites (tertiary alicyclic amines) is 1. The van der Waals surface area contributed by atoms with Crippen molar-refractivity contribution in [2.75, 3.05) is 13.1 Å². The van der Waals surface area contributed by atoms with E-state index in [1.807, 2.05) is 4.90 Å². The predicted octanol–water partition coefficient (Wildman–Crippen LogP) is 2.32. The molecule has 0 atom stereocenters. The maximum atomic E-state index is 12.6. The molecule has 0 bridgehead atoms. The third kappa shape index (κ3) is 1.71. The zero-order valence-electron chi connectivity index (χ0n) is 11.1. The summed E-state index contributed by atoms with van der Waals surface area (Å²) in [4.78, 5) is 30.9. The molecule has 4 rings (SSSR count). The zero-order chi connectivity index (χ0) is 14.0. The van der Waals surface area contributed by atoms with E-state index in [4.69, 9.17) is 11.6 Å². The van der Waals surface area contributed by atoms with Crippen molar-refractivity contribution in [2.24, 2.45) is 10.8 Å². The van der Waals surface area contributed by atoms with Crippen LogP contribution < -0.4 is 0 Å². The number of hydrogen-bond donors (Lipinski definition) is 0. The number of hydrogen-bond acceptors (Lipinski definition) is 3. The van der Waals surface area contributed by atoms with Gasteiger partial charge < -0.3 is 4.90 Å². The number of carbonyl (C=O) groups excluding carboxylic acids is 2. The molecule has 4 nitrogen and oxygen atoms in total. The smallest absolute Gasteiger partial charge is 0.254 e. The highest BCUT2D eigenvalue weighted by Gasteiger charge is 2.66. The molecule has 2 saturated carbocycles. The Morgan fingerprint density at radius 2 is 1.80 bits per heavy atom. The molecular formula is C15H15ClN2O2. The Balaban J connectivity index is 1.63. The third-order valence-corrected chi connectivity index (χ3v) is 5.12. The van der Waals surface area contributed by atoms with Crippen LogP contribution in [-0.2, 0) is 4.79 Å². The number of ketones is 1. The number of amides is 1. The highest BCUT2D eigenvalue weighted by atomic mass is 35.5. The topological polar surface area (TPSA) is 50.3 Å². The minimum atomic E-state index is -0.221. The van der Waals surface area contributed by atoms with Gasteiger partial charge in [0.25, 0.3) is 5.91 Å². The minimum absolute atomic E-state index is 0.0284. The van der Waals surface area contributed by atoms with E-state index in [9.17, 15) is 9.59 Å². The Labute approximate surface area is 122 Å². The van der Waals surface area contributed by atoms with E-state index in [0.29, 0.717) is 29.6 Å². The van der Waals surface area contributed by atoms with E-state index in [1.165, 1.54) is 0 Å². The zero-order valence-corrected chi connectivity index (χ0v) is 11.8. The van der Waals surface area contributed by atoms with Gasteiger partial charge in [-0.05, 0) is 37.8 Å². The largest absolute Gasteiger partial charge is 0.337 e. The van der Waals surface area contributed by atoms with E-state index in [1.54, 1.807) is 18.3 Å². The van der Waals surface area contributed by atoms with Crippen LogP contribution >= 0.6 is 11.6 Å². The van der Waals surface area contributed by atoms with Crippen LogP contribution in [-0.4, -0.2) is 34.7 Å². The fraction of sp³-hybridized carbons (Fsp3) is 0.533. The molecule has 5 heteroatoms. The Morgan fingerprint density at radius 1 is 1.20 bits per heavy atom. The summed E-state index contributed by atoms with van der Waals surface area (Å²) < 4.78 is 0. The van der Waals surface area contributed by atoms with Crippen molar-refractivity contribution in [1.82, 2.24) is 9.88 Å². The van der Waals surface area contributed by atoms with Crippen molar-refractivity contribution in [1.29, 1.82) is 0 Å². The van der Waals surface area contributed by atoms with Gasteiger partial charge in [0.1, 0.15) is 10.9 Å². The van der Waals surface area contributed by atoms with Crippen LogP contribution in [0.2, 0.25) is 5.15 Å². The number of rotatable bonds is 1. The third-order valence-electron chi connectivity index (χ3n) is 4.92. The Morgan fingerprint density at radius 3 is 2.30 bits per heavy atom. The van der Waals surface area contributed by atoms with Crippen LogP contribution in [0, 0.1) is 10.8 Å². The summed E-state index contributed by atoms with van der Waals surface area (Å²) >= 11 is 5.85. The van der Waals surface area contributed by atoms with Gasteiger partial charge in [-0.15, -0.1) is 0 Å². The van der Waals surface area contributed by atoms with E-state index < -0.39 is 0 Å². The van der Waals surface area contributed by atoms with Crippen LogP contribution in [0.5, 0.6) is 0 Å². The van der Waals surface area contributed by atoms with Crippen LogP contribution in [0.25, 0.3) is 0 Å². The second kappa shape index (κ2) is 3.82. The fourth-order valence-corrected chi connectivity index (χ4v) is 3.60. The van der Waals surface area contributed by atoms with E-state index >= 15 is 0 Å². The number of piperidine rings is 1. The van der Waals surface area contributed by atoms with Crippen molar-refractivity contribution in [3.8, 4) is 0 Å². The summed E-state index contributed by atoms with van der Waals surface area (Å²) in [5, 5.41) is 0.325. The van der Waals surface area contributed by atoms with Crippen molar-refractivity contribution < 1.29 is 9.59 Å². The monoisotopic (exact) mass is 290 g/mol. The quantitative estimate of drug-likeness (QED) is 0.746. The molecule has 1 aromatic rings. The molecule has 1 aliphatic heterocycles. The summed E-state index contributed by atoms with van der Waals surface area (Å²) in [6, 6.07) is 3.28. The standard InChI is InChI=1S/C15H15ClN2O2/c16-11-7-10(1-6-17-11)12(19)18-8-14(2-3-14)13(20)15(9-18)4-5-15/h1,6-7H,2-5,8-9H2. The first kappa shape index (κ1) is 12.3. The van der Waals surface area contributed by atoms with Gasteiger partial charge in [0.15, 0.2) is 0 Å². The molecule has 1 saturated heterocycles. The molecule has 2 spiro atoms. The van der Waals surface area contributed by atoms with Gasteiger partial charge >= 0.3 is 0 Å². The van der Waals surface area contributed by atoms with E-state index in [2.05, 4.69) is 4.98 Å². The second-order valence-corrected chi connectivity index (χ2v) is 6.81. The van der Waals surface area contributed by atoms with Crippen molar-refractivity contribution >= 4 is 23.3 Å². The molecule has 0 N–H and O–H groups in total. The van der Waals surface area contributed by atoms with Gasteiger partial charge in [-0.2, -0.15) is 0 Å². The Kier molecular flexibility index (Phi) is 2.35. The van der Waals surface area contributed by atoms with Gasteiger partial charge in [-0.3, -0.25) is 9.59 Å². The normalized spacial score (nSPS) is 25.1. The molecule has 20 heavy (non-hydrogen) atoms. The predicted molar refractivity (Wildman–Crippen MR) is 73.5 cm³/mol. The SMILES string of the molecule is O=C(c1ccnc(Cl)c1)N1CC2(CC2)C(=O)C2(CC2)C1. The maximum Gasteiger partial charge on any atom is 0.254 e. The summed E-state index contributed by atoms with van der Waals surface area (Å²) in [6.45, 7) is 1.15. The average Bonchev–Trinajstić information content (AvgIpc) is 3.33. The summed E-state index contributed by atoms with van der Waals surface area (Å²) in [5.41, 5.74) is 0.119. The van der Waals surface area contributed by atoms with E-state index in [-0.39, 0.29) is 16.7 Å². The number of halogens is 1. The van der Waals surface area contributed by atoms with Crippen molar-refractivity contribution in [3.05, 3.63) is 29.0 Å². The molecule has 104 valence electrons. The van der Waals surface area contributed by atoms with Gasteiger partial charge in [-0.1, -0.05) is 11.6 Å². The first-order valence-electron chi connectivity index (χ1n) is 7.01. The fourth-order valence-electron chi connectivity index (χ4n) is 3.43. The molecular weight excluding hydrogens is 276 g/mol. The van der Waals surface area contributed by atoms with Crippen LogP contribution in [0.3, 0.4) is 0 Å². The van der Waals surface area contributed by atoms with Crippen molar-refractivity contribution in [2.45, 2.75) is 25.7 Å². The second-order valence-electron chi connectivity index (χ2n) is 6.42. The lowest BCUT2D eigenvalue weighted by Crippen LogP contribution is -2.51. The minimum Gasteiger partial charge on any atom is -0.337 e. The Bertz CT molecular complexity index is 596. The summed E-state index contributed by atoms with van der Waals surface area (Å²) in [6.07, 6.45) is 5.30. The molecule has 0 aromatic carbocycles.